The summed E-state index contributed by atoms with van der Waals surface area (Å²) in [5.74, 6) is 1.82. The first kappa shape index (κ1) is 18.4. The van der Waals surface area contributed by atoms with Crippen LogP contribution in [0.4, 0.5) is 0 Å². The maximum Gasteiger partial charge on any atom is 0.225 e. The molecular formula is C20H34N4O. The lowest BCUT2D eigenvalue weighted by Gasteiger charge is -2.34. The van der Waals surface area contributed by atoms with Gasteiger partial charge in [-0.2, -0.15) is 0 Å². The fourth-order valence-corrected chi connectivity index (χ4v) is 4.40. The first-order valence-corrected chi connectivity index (χ1v) is 10.3. The number of carbonyl (C=O) groups is 1. The van der Waals surface area contributed by atoms with E-state index in [2.05, 4.69) is 35.3 Å². The molecule has 3 rings (SSSR count). The van der Waals surface area contributed by atoms with E-state index in [-0.39, 0.29) is 5.92 Å². The molecule has 1 saturated carbocycles. The van der Waals surface area contributed by atoms with Gasteiger partial charge in [0.05, 0.1) is 5.69 Å². The predicted octanol–water partition coefficient (Wildman–Crippen LogP) is 3.69. The Balaban J connectivity index is 1.53. The standard InChI is InChI=1S/C20H34N4O/c1-16(2)12-19-15-24(22-21-19)14-17-8-7-11-23(13-17)20(25)18-9-5-3-4-6-10-18/h15-18H,3-14H2,1-2H3/t17-/m1/s1. The van der Waals surface area contributed by atoms with E-state index in [1.54, 1.807) is 0 Å². The molecule has 1 aliphatic heterocycles. The molecule has 5 nitrogen and oxygen atoms in total. The summed E-state index contributed by atoms with van der Waals surface area (Å²) in [7, 11) is 0. The van der Waals surface area contributed by atoms with Crippen LogP contribution in [-0.2, 0) is 17.8 Å². The van der Waals surface area contributed by atoms with Gasteiger partial charge >= 0.3 is 0 Å². The van der Waals surface area contributed by atoms with Gasteiger partial charge in [0.25, 0.3) is 0 Å². The van der Waals surface area contributed by atoms with E-state index in [1.165, 1.54) is 32.1 Å². The Bertz CT molecular complexity index is 546. The monoisotopic (exact) mass is 346 g/mol. The van der Waals surface area contributed by atoms with Crippen molar-refractivity contribution in [2.45, 2.75) is 78.2 Å². The van der Waals surface area contributed by atoms with Gasteiger partial charge in [-0.1, -0.05) is 44.7 Å². The van der Waals surface area contributed by atoms with Crippen molar-refractivity contribution < 1.29 is 4.79 Å². The third-order valence-corrected chi connectivity index (χ3v) is 5.68. The number of hydrogen-bond donors (Lipinski definition) is 0. The zero-order valence-electron chi connectivity index (χ0n) is 16.0. The summed E-state index contributed by atoms with van der Waals surface area (Å²) < 4.78 is 1.99. The zero-order chi connectivity index (χ0) is 17.6. The molecule has 1 saturated heterocycles. The second-order valence-corrected chi connectivity index (χ2v) is 8.51. The third-order valence-electron chi connectivity index (χ3n) is 5.68. The molecule has 1 aromatic heterocycles. The van der Waals surface area contributed by atoms with Crippen molar-refractivity contribution in [3.8, 4) is 0 Å². The van der Waals surface area contributed by atoms with Crippen molar-refractivity contribution in [1.82, 2.24) is 19.9 Å². The van der Waals surface area contributed by atoms with Crippen LogP contribution in [0.25, 0.3) is 0 Å². The number of carbonyl (C=O) groups excluding carboxylic acids is 1. The second kappa shape index (κ2) is 8.81. The molecule has 0 spiro atoms. The third kappa shape index (κ3) is 5.29. The summed E-state index contributed by atoms with van der Waals surface area (Å²) in [5.41, 5.74) is 1.08. The molecule has 2 fully saturated rings. The Morgan fingerprint density at radius 2 is 1.92 bits per heavy atom. The molecule has 0 N–H and O–H groups in total. The quantitative estimate of drug-likeness (QED) is 0.764. The second-order valence-electron chi connectivity index (χ2n) is 8.51. The highest BCUT2D eigenvalue weighted by Crippen LogP contribution is 2.27. The van der Waals surface area contributed by atoms with Crippen molar-refractivity contribution in [2.24, 2.45) is 17.8 Å². The van der Waals surface area contributed by atoms with Crippen LogP contribution in [0.3, 0.4) is 0 Å². The normalized spacial score (nSPS) is 23.0. The molecule has 2 aliphatic rings. The fraction of sp³-hybridized carbons (Fsp3) is 0.850. The minimum Gasteiger partial charge on any atom is -0.342 e. The lowest BCUT2D eigenvalue weighted by molar-refractivity contribution is -0.138. The van der Waals surface area contributed by atoms with E-state index < -0.39 is 0 Å². The molecular weight excluding hydrogens is 312 g/mol. The van der Waals surface area contributed by atoms with Crippen molar-refractivity contribution in [3.63, 3.8) is 0 Å². The molecule has 1 aromatic rings. The van der Waals surface area contributed by atoms with Gasteiger partial charge in [0.2, 0.25) is 5.91 Å². The fourth-order valence-electron chi connectivity index (χ4n) is 4.40. The van der Waals surface area contributed by atoms with Crippen LogP contribution < -0.4 is 0 Å². The van der Waals surface area contributed by atoms with Crippen LogP contribution >= 0.6 is 0 Å². The molecule has 1 atom stereocenters. The van der Waals surface area contributed by atoms with Crippen LogP contribution in [0, 0.1) is 17.8 Å². The average molecular weight is 347 g/mol. The highest BCUT2D eigenvalue weighted by molar-refractivity contribution is 5.79. The maximum absolute atomic E-state index is 12.9. The Morgan fingerprint density at radius 3 is 2.64 bits per heavy atom. The Labute approximate surface area is 152 Å². The molecule has 0 bridgehead atoms. The molecule has 1 amide bonds. The molecule has 0 aromatic carbocycles. The van der Waals surface area contributed by atoms with E-state index in [0.29, 0.717) is 17.7 Å². The summed E-state index contributed by atoms with van der Waals surface area (Å²) in [4.78, 5) is 15.1. The highest BCUT2D eigenvalue weighted by Gasteiger charge is 2.29. The van der Waals surface area contributed by atoms with E-state index in [1.807, 2.05) is 4.68 Å². The highest BCUT2D eigenvalue weighted by atomic mass is 16.2. The summed E-state index contributed by atoms with van der Waals surface area (Å²) in [6.07, 6.45) is 12.6. The number of nitrogens with zero attached hydrogens (tertiary/aromatic N) is 4. The molecule has 0 radical (unpaired) electrons. The molecule has 5 heteroatoms. The Kier molecular flexibility index (Phi) is 6.49. The van der Waals surface area contributed by atoms with Crippen LogP contribution in [-0.4, -0.2) is 38.9 Å². The Hall–Kier alpha value is -1.39. The summed E-state index contributed by atoms with van der Waals surface area (Å²) >= 11 is 0. The SMILES string of the molecule is CC(C)Cc1cn(C[C@@H]2CCCN(C(=O)C3CCCCCC3)C2)nn1. The molecule has 2 heterocycles. The van der Waals surface area contributed by atoms with Crippen LogP contribution in [0.15, 0.2) is 6.20 Å². The lowest BCUT2D eigenvalue weighted by atomic mass is 9.94. The van der Waals surface area contributed by atoms with E-state index in [4.69, 9.17) is 0 Å². The molecule has 25 heavy (non-hydrogen) atoms. The minimum atomic E-state index is 0.283. The first-order valence-electron chi connectivity index (χ1n) is 10.3. The number of hydrogen-bond acceptors (Lipinski definition) is 3. The average Bonchev–Trinajstić information content (AvgIpc) is 2.85. The predicted molar refractivity (Wildman–Crippen MR) is 99.1 cm³/mol. The first-order chi connectivity index (χ1) is 12.1. The Morgan fingerprint density at radius 1 is 1.16 bits per heavy atom. The van der Waals surface area contributed by atoms with Crippen molar-refractivity contribution >= 4 is 5.91 Å². The number of amides is 1. The van der Waals surface area contributed by atoms with Gasteiger partial charge in [0, 0.05) is 31.7 Å². The minimum absolute atomic E-state index is 0.283. The van der Waals surface area contributed by atoms with Crippen molar-refractivity contribution in [1.29, 1.82) is 0 Å². The smallest absolute Gasteiger partial charge is 0.225 e. The summed E-state index contributed by atoms with van der Waals surface area (Å²) in [6, 6.07) is 0. The van der Waals surface area contributed by atoms with Gasteiger partial charge in [-0.3, -0.25) is 9.48 Å². The van der Waals surface area contributed by atoms with Gasteiger partial charge in [0.15, 0.2) is 0 Å². The zero-order valence-corrected chi connectivity index (χ0v) is 16.0. The van der Waals surface area contributed by atoms with Crippen molar-refractivity contribution in [3.05, 3.63) is 11.9 Å². The van der Waals surface area contributed by atoms with E-state index >= 15 is 0 Å². The van der Waals surface area contributed by atoms with Crippen LogP contribution in [0.2, 0.25) is 0 Å². The topological polar surface area (TPSA) is 51.0 Å². The van der Waals surface area contributed by atoms with Gasteiger partial charge in [-0.25, -0.2) is 0 Å². The number of rotatable bonds is 5. The van der Waals surface area contributed by atoms with Gasteiger partial charge in [-0.05, 0) is 43.9 Å². The summed E-state index contributed by atoms with van der Waals surface area (Å²) in [6.45, 7) is 7.14. The van der Waals surface area contributed by atoms with Gasteiger partial charge < -0.3 is 4.90 Å². The maximum atomic E-state index is 12.9. The van der Waals surface area contributed by atoms with Crippen LogP contribution in [0.1, 0.15) is 70.9 Å². The van der Waals surface area contributed by atoms with E-state index in [0.717, 1.165) is 51.0 Å². The van der Waals surface area contributed by atoms with Gasteiger partial charge in [0.1, 0.15) is 0 Å². The molecule has 0 unspecified atom stereocenters. The number of likely N-dealkylation sites (tertiary alicyclic amines) is 1. The lowest BCUT2D eigenvalue weighted by Crippen LogP contribution is -2.44. The molecule has 1 aliphatic carbocycles. The van der Waals surface area contributed by atoms with Crippen LogP contribution in [0.5, 0.6) is 0 Å². The van der Waals surface area contributed by atoms with Crippen molar-refractivity contribution in [2.75, 3.05) is 13.1 Å². The number of piperidine rings is 1. The largest absolute Gasteiger partial charge is 0.342 e. The summed E-state index contributed by atoms with van der Waals surface area (Å²) in [5, 5.41) is 8.59. The molecule has 140 valence electrons. The van der Waals surface area contributed by atoms with E-state index in [9.17, 15) is 4.79 Å². The number of aromatic nitrogens is 3. The van der Waals surface area contributed by atoms with Gasteiger partial charge in [-0.15, -0.1) is 5.10 Å².